The number of sulfonamides is 1. The third kappa shape index (κ3) is 2.83. The molecule has 0 radical (unpaired) electrons. The Bertz CT molecular complexity index is 609. The molecular formula is C13H16FNO4S. The van der Waals surface area contributed by atoms with Gasteiger partial charge >= 0.3 is 5.97 Å². The molecule has 1 saturated heterocycles. The Morgan fingerprint density at radius 2 is 1.90 bits per heavy atom. The van der Waals surface area contributed by atoms with Gasteiger partial charge in [-0.25, -0.2) is 17.6 Å². The minimum absolute atomic E-state index is 0.0822. The zero-order valence-corrected chi connectivity index (χ0v) is 12.0. The lowest BCUT2D eigenvalue weighted by molar-refractivity contribution is 0.0595. The molecule has 0 unspecified atom stereocenters. The highest BCUT2D eigenvalue weighted by atomic mass is 32.2. The van der Waals surface area contributed by atoms with Crippen molar-refractivity contribution < 1.29 is 22.3 Å². The monoisotopic (exact) mass is 301 g/mol. The van der Waals surface area contributed by atoms with Crippen molar-refractivity contribution in [1.82, 2.24) is 4.31 Å². The van der Waals surface area contributed by atoms with Crippen LogP contribution in [0.1, 0.15) is 29.6 Å². The number of nitrogens with zero attached hydrogens (tertiary/aromatic N) is 1. The Morgan fingerprint density at radius 1 is 1.25 bits per heavy atom. The smallest absolute Gasteiger partial charge is 0.340 e. The molecule has 1 aromatic rings. The van der Waals surface area contributed by atoms with Crippen LogP contribution in [0.25, 0.3) is 0 Å². The number of hydrogen-bond acceptors (Lipinski definition) is 4. The second-order valence-corrected chi connectivity index (χ2v) is 6.54. The van der Waals surface area contributed by atoms with Gasteiger partial charge in [-0.1, -0.05) is 6.42 Å². The molecule has 0 saturated carbocycles. The molecule has 1 aromatic carbocycles. The van der Waals surface area contributed by atoms with E-state index < -0.39 is 21.8 Å². The van der Waals surface area contributed by atoms with Gasteiger partial charge in [0.15, 0.2) is 0 Å². The lowest BCUT2D eigenvalue weighted by Crippen LogP contribution is -2.35. The Hall–Kier alpha value is -1.47. The van der Waals surface area contributed by atoms with Crippen LogP contribution in [0.3, 0.4) is 0 Å². The number of esters is 1. The molecule has 0 spiro atoms. The lowest BCUT2D eigenvalue weighted by Gasteiger charge is -2.26. The van der Waals surface area contributed by atoms with Crippen molar-refractivity contribution >= 4 is 16.0 Å². The summed E-state index contributed by atoms with van der Waals surface area (Å²) in [6.07, 6.45) is 2.62. The third-order valence-electron chi connectivity index (χ3n) is 3.30. The van der Waals surface area contributed by atoms with Crippen LogP contribution in [0.4, 0.5) is 4.39 Å². The second-order valence-electron chi connectivity index (χ2n) is 4.60. The first kappa shape index (κ1) is 14.9. The molecular weight excluding hydrogens is 285 g/mol. The van der Waals surface area contributed by atoms with Gasteiger partial charge in [-0.2, -0.15) is 4.31 Å². The SMILES string of the molecule is COC(=O)c1cc(S(=O)(=O)N2CCCCC2)ccc1F. The van der Waals surface area contributed by atoms with Gasteiger partial charge in [0, 0.05) is 13.1 Å². The molecule has 110 valence electrons. The van der Waals surface area contributed by atoms with Crippen LogP contribution in [-0.4, -0.2) is 38.9 Å². The highest BCUT2D eigenvalue weighted by Crippen LogP contribution is 2.22. The van der Waals surface area contributed by atoms with E-state index in [4.69, 9.17) is 0 Å². The average molecular weight is 301 g/mol. The molecule has 1 aliphatic rings. The summed E-state index contributed by atoms with van der Waals surface area (Å²) in [6.45, 7) is 0.903. The van der Waals surface area contributed by atoms with Gasteiger partial charge in [0.1, 0.15) is 5.82 Å². The van der Waals surface area contributed by atoms with Crippen LogP contribution in [0.5, 0.6) is 0 Å². The van der Waals surface area contributed by atoms with Crippen molar-refractivity contribution in [2.24, 2.45) is 0 Å². The number of rotatable bonds is 3. The van der Waals surface area contributed by atoms with E-state index in [-0.39, 0.29) is 10.5 Å². The largest absolute Gasteiger partial charge is 0.465 e. The fourth-order valence-electron chi connectivity index (χ4n) is 2.19. The molecule has 2 rings (SSSR count). The van der Waals surface area contributed by atoms with E-state index in [0.29, 0.717) is 13.1 Å². The van der Waals surface area contributed by atoms with Crippen LogP contribution >= 0.6 is 0 Å². The van der Waals surface area contributed by atoms with E-state index in [0.717, 1.165) is 38.5 Å². The van der Waals surface area contributed by atoms with Crippen molar-refractivity contribution in [1.29, 1.82) is 0 Å². The van der Waals surface area contributed by atoms with Gasteiger partial charge in [-0.05, 0) is 31.0 Å². The number of piperidine rings is 1. The Morgan fingerprint density at radius 3 is 2.50 bits per heavy atom. The number of carbonyl (C=O) groups is 1. The van der Waals surface area contributed by atoms with Gasteiger partial charge in [-0.15, -0.1) is 0 Å². The van der Waals surface area contributed by atoms with Crippen molar-refractivity contribution in [3.63, 3.8) is 0 Å². The number of hydrogen-bond donors (Lipinski definition) is 0. The van der Waals surface area contributed by atoms with Crippen LogP contribution in [0.2, 0.25) is 0 Å². The molecule has 0 N–H and O–H groups in total. The molecule has 5 nitrogen and oxygen atoms in total. The van der Waals surface area contributed by atoms with E-state index >= 15 is 0 Å². The predicted octanol–water partition coefficient (Wildman–Crippen LogP) is 1.79. The molecule has 1 heterocycles. The number of halogens is 1. The van der Waals surface area contributed by atoms with E-state index in [2.05, 4.69) is 4.74 Å². The molecule has 0 bridgehead atoms. The summed E-state index contributed by atoms with van der Waals surface area (Å²) in [6, 6.07) is 3.18. The topological polar surface area (TPSA) is 63.7 Å². The number of ether oxygens (including phenoxy) is 1. The molecule has 20 heavy (non-hydrogen) atoms. The molecule has 1 fully saturated rings. The van der Waals surface area contributed by atoms with Crippen LogP contribution in [0.15, 0.2) is 23.1 Å². The Balaban J connectivity index is 2.39. The maximum atomic E-state index is 13.5. The fourth-order valence-corrected chi connectivity index (χ4v) is 3.73. The maximum Gasteiger partial charge on any atom is 0.340 e. The van der Waals surface area contributed by atoms with Gasteiger partial charge in [0.2, 0.25) is 10.0 Å². The molecule has 0 aromatic heterocycles. The van der Waals surface area contributed by atoms with Crippen molar-refractivity contribution in [3.8, 4) is 0 Å². The number of carbonyl (C=O) groups excluding carboxylic acids is 1. The first-order valence-electron chi connectivity index (χ1n) is 6.35. The summed E-state index contributed by atoms with van der Waals surface area (Å²) >= 11 is 0. The summed E-state index contributed by atoms with van der Waals surface area (Å²) in [5, 5.41) is 0. The van der Waals surface area contributed by atoms with Gasteiger partial charge in [0.05, 0.1) is 17.6 Å². The van der Waals surface area contributed by atoms with Gasteiger partial charge in [-0.3, -0.25) is 0 Å². The molecule has 0 amide bonds. The quantitative estimate of drug-likeness (QED) is 0.798. The van der Waals surface area contributed by atoms with E-state index in [9.17, 15) is 17.6 Å². The highest BCUT2D eigenvalue weighted by Gasteiger charge is 2.27. The molecule has 0 aliphatic carbocycles. The minimum Gasteiger partial charge on any atom is -0.465 e. The summed E-state index contributed by atoms with van der Waals surface area (Å²) in [5.74, 6) is -1.69. The summed E-state index contributed by atoms with van der Waals surface area (Å²) in [5.41, 5.74) is -0.370. The zero-order valence-electron chi connectivity index (χ0n) is 11.1. The molecule has 1 aliphatic heterocycles. The van der Waals surface area contributed by atoms with E-state index in [1.54, 1.807) is 0 Å². The third-order valence-corrected chi connectivity index (χ3v) is 5.19. The Kier molecular flexibility index (Phi) is 4.39. The van der Waals surface area contributed by atoms with Crippen molar-refractivity contribution in [2.45, 2.75) is 24.2 Å². The van der Waals surface area contributed by atoms with Crippen LogP contribution in [-0.2, 0) is 14.8 Å². The summed E-state index contributed by atoms with van der Waals surface area (Å²) in [7, 11) is -2.57. The lowest BCUT2D eigenvalue weighted by atomic mass is 10.2. The molecule has 0 atom stereocenters. The van der Waals surface area contributed by atoms with Crippen molar-refractivity contribution in [2.75, 3.05) is 20.2 Å². The molecule has 7 heteroatoms. The first-order chi connectivity index (χ1) is 9.46. The van der Waals surface area contributed by atoms with Crippen LogP contribution < -0.4 is 0 Å². The van der Waals surface area contributed by atoms with Crippen molar-refractivity contribution in [3.05, 3.63) is 29.6 Å². The summed E-state index contributed by atoms with van der Waals surface area (Å²) in [4.78, 5) is 11.3. The van der Waals surface area contributed by atoms with Gasteiger partial charge in [0.25, 0.3) is 0 Å². The predicted molar refractivity (Wildman–Crippen MR) is 70.3 cm³/mol. The number of methoxy groups -OCH3 is 1. The minimum atomic E-state index is -3.68. The average Bonchev–Trinajstić information content (AvgIpc) is 2.47. The van der Waals surface area contributed by atoms with Crippen LogP contribution in [0, 0.1) is 5.82 Å². The fraction of sp³-hybridized carbons (Fsp3) is 0.462. The van der Waals surface area contributed by atoms with E-state index in [1.807, 2.05) is 0 Å². The zero-order chi connectivity index (χ0) is 14.8. The first-order valence-corrected chi connectivity index (χ1v) is 7.79. The maximum absolute atomic E-state index is 13.5. The van der Waals surface area contributed by atoms with Gasteiger partial charge < -0.3 is 4.74 Å². The highest BCUT2D eigenvalue weighted by molar-refractivity contribution is 7.89. The Labute approximate surface area is 117 Å². The number of benzene rings is 1. The normalized spacial score (nSPS) is 16.9. The summed E-state index contributed by atoms with van der Waals surface area (Å²) < 4.78 is 44.2. The standard InChI is InChI=1S/C13H16FNO4S/c1-19-13(16)11-9-10(5-6-12(11)14)20(17,18)15-7-3-2-4-8-15/h5-6,9H,2-4,7-8H2,1H3. The second kappa shape index (κ2) is 5.88. The van der Waals surface area contributed by atoms with E-state index in [1.165, 1.54) is 10.4 Å².